The molecule has 0 aliphatic carbocycles. The number of rotatable bonds is 5. The van der Waals surface area contributed by atoms with Crippen LogP contribution < -0.4 is 9.64 Å². The highest BCUT2D eigenvalue weighted by molar-refractivity contribution is 7.91. The summed E-state index contributed by atoms with van der Waals surface area (Å²) >= 11 is 0. The summed E-state index contributed by atoms with van der Waals surface area (Å²) in [6.07, 6.45) is -4.09. The van der Waals surface area contributed by atoms with E-state index in [1.807, 2.05) is 18.5 Å². The van der Waals surface area contributed by atoms with E-state index in [0.29, 0.717) is 13.0 Å². The summed E-state index contributed by atoms with van der Waals surface area (Å²) < 4.78 is 66.5. The fraction of sp³-hybridized carbons (Fsp3) is 0.571. The Bertz CT molecular complexity index is 1060. The minimum atomic E-state index is -4.69. The second kappa shape index (κ2) is 8.58. The summed E-state index contributed by atoms with van der Waals surface area (Å²) in [6, 6.07) is 5.88. The second-order valence-electron chi connectivity index (χ2n) is 8.48. The molecule has 3 heterocycles. The predicted octanol–water partition coefficient (Wildman–Crippen LogP) is 3.08. The van der Waals surface area contributed by atoms with Crippen molar-refractivity contribution in [3.63, 3.8) is 0 Å². The van der Waals surface area contributed by atoms with Gasteiger partial charge < -0.3 is 9.64 Å². The molecule has 11 heteroatoms. The van der Waals surface area contributed by atoms with Crippen LogP contribution in [-0.4, -0.2) is 67.1 Å². The number of hydrogen-bond donors (Lipinski definition) is 0. The SMILES string of the molecule is Cc1nn(C2CCS(=O)(=O)C2)c(C)c1N1CCN(Cc2ccc(OC(F)(F)F)cc2)CC1. The zero-order valence-electron chi connectivity index (χ0n) is 18.1. The number of hydrogen-bond acceptors (Lipinski definition) is 6. The molecule has 0 saturated carbocycles. The van der Waals surface area contributed by atoms with E-state index in [2.05, 4.69) is 19.6 Å². The lowest BCUT2D eigenvalue weighted by Crippen LogP contribution is -2.46. The molecule has 7 nitrogen and oxygen atoms in total. The van der Waals surface area contributed by atoms with Crippen LogP contribution in [0.15, 0.2) is 24.3 Å². The van der Waals surface area contributed by atoms with E-state index < -0.39 is 16.2 Å². The molecule has 1 aromatic carbocycles. The van der Waals surface area contributed by atoms with Gasteiger partial charge in [-0.05, 0) is 38.0 Å². The van der Waals surface area contributed by atoms with Crippen LogP contribution in [-0.2, 0) is 16.4 Å². The third-order valence-electron chi connectivity index (χ3n) is 6.09. The molecule has 2 aliphatic rings. The van der Waals surface area contributed by atoms with Crippen molar-refractivity contribution in [1.29, 1.82) is 0 Å². The van der Waals surface area contributed by atoms with Gasteiger partial charge in [-0.3, -0.25) is 9.58 Å². The van der Waals surface area contributed by atoms with E-state index in [9.17, 15) is 21.6 Å². The fourth-order valence-corrected chi connectivity index (χ4v) is 6.31. The normalized spacial score (nSPS) is 21.8. The number of nitrogens with zero attached hydrogens (tertiary/aromatic N) is 4. The molecule has 0 amide bonds. The van der Waals surface area contributed by atoms with E-state index in [0.717, 1.165) is 48.8 Å². The average molecular weight is 473 g/mol. The molecule has 0 N–H and O–H groups in total. The monoisotopic (exact) mass is 472 g/mol. The lowest BCUT2D eigenvalue weighted by Gasteiger charge is -2.36. The highest BCUT2D eigenvalue weighted by atomic mass is 32.2. The van der Waals surface area contributed by atoms with Gasteiger partial charge in [0.25, 0.3) is 0 Å². The molecule has 2 saturated heterocycles. The lowest BCUT2D eigenvalue weighted by molar-refractivity contribution is -0.274. The van der Waals surface area contributed by atoms with Crippen molar-refractivity contribution in [2.75, 3.05) is 42.6 Å². The lowest BCUT2D eigenvalue weighted by atomic mass is 10.1. The number of aromatic nitrogens is 2. The van der Waals surface area contributed by atoms with Crippen molar-refractivity contribution in [2.45, 2.75) is 39.2 Å². The third kappa shape index (κ3) is 5.20. The van der Waals surface area contributed by atoms with Crippen LogP contribution in [0.1, 0.15) is 29.4 Å². The Balaban J connectivity index is 1.36. The largest absolute Gasteiger partial charge is 0.573 e. The van der Waals surface area contributed by atoms with Gasteiger partial charge >= 0.3 is 6.36 Å². The fourth-order valence-electron chi connectivity index (χ4n) is 4.62. The minimum Gasteiger partial charge on any atom is -0.406 e. The van der Waals surface area contributed by atoms with E-state index in [-0.39, 0.29) is 23.3 Å². The van der Waals surface area contributed by atoms with Gasteiger partial charge in [0.05, 0.1) is 34.6 Å². The quantitative estimate of drug-likeness (QED) is 0.666. The Hall–Kier alpha value is -2.27. The highest BCUT2D eigenvalue weighted by Crippen LogP contribution is 2.32. The molecule has 0 bridgehead atoms. The summed E-state index contributed by atoms with van der Waals surface area (Å²) in [4.78, 5) is 4.54. The zero-order valence-corrected chi connectivity index (χ0v) is 18.9. The van der Waals surface area contributed by atoms with Crippen LogP contribution in [0.5, 0.6) is 5.75 Å². The van der Waals surface area contributed by atoms with Crippen molar-refractivity contribution in [3.05, 3.63) is 41.2 Å². The number of piperazine rings is 1. The van der Waals surface area contributed by atoms with Gasteiger partial charge in [0.1, 0.15) is 5.75 Å². The number of benzene rings is 1. The van der Waals surface area contributed by atoms with Crippen LogP contribution in [0.25, 0.3) is 0 Å². The molecule has 32 heavy (non-hydrogen) atoms. The van der Waals surface area contributed by atoms with Crippen LogP contribution >= 0.6 is 0 Å². The van der Waals surface area contributed by atoms with Crippen molar-refractivity contribution < 1.29 is 26.3 Å². The first-order valence-corrected chi connectivity index (χ1v) is 12.4. The summed E-state index contributed by atoms with van der Waals surface area (Å²) in [5.41, 5.74) is 3.90. The molecule has 4 rings (SSSR count). The molecule has 0 radical (unpaired) electrons. The van der Waals surface area contributed by atoms with Gasteiger partial charge in [-0.15, -0.1) is 13.2 Å². The van der Waals surface area contributed by atoms with Crippen molar-refractivity contribution >= 4 is 15.5 Å². The summed E-state index contributed by atoms with van der Waals surface area (Å²) in [5.74, 6) is 0.145. The third-order valence-corrected chi connectivity index (χ3v) is 7.84. The second-order valence-corrected chi connectivity index (χ2v) is 10.7. The van der Waals surface area contributed by atoms with Gasteiger partial charge in [0, 0.05) is 32.7 Å². The number of aryl methyl sites for hydroxylation is 1. The maximum Gasteiger partial charge on any atom is 0.573 e. The van der Waals surface area contributed by atoms with Crippen LogP contribution in [0.3, 0.4) is 0 Å². The van der Waals surface area contributed by atoms with E-state index >= 15 is 0 Å². The smallest absolute Gasteiger partial charge is 0.406 e. The van der Waals surface area contributed by atoms with Crippen LogP contribution in [0.4, 0.5) is 18.9 Å². The number of alkyl halides is 3. The molecule has 2 fully saturated rings. The Kier molecular flexibility index (Phi) is 6.15. The standard InChI is InChI=1S/C21H27F3N4O3S/c1-15-20(16(2)28(25-15)18-7-12-32(29,30)14-18)27-10-8-26(9-11-27)13-17-3-5-19(6-4-17)31-21(22,23)24/h3-6,18H,7-14H2,1-2H3. The van der Waals surface area contributed by atoms with E-state index in [1.54, 1.807) is 12.1 Å². The van der Waals surface area contributed by atoms with Crippen LogP contribution in [0.2, 0.25) is 0 Å². The topological polar surface area (TPSA) is 67.7 Å². The Morgan fingerprint density at radius 3 is 2.31 bits per heavy atom. The van der Waals surface area contributed by atoms with Gasteiger partial charge in [0.2, 0.25) is 0 Å². The van der Waals surface area contributed by atoms with Crippen molar-refractivity contribution in [1.82, 2.24) is 14.7 Å². The van der Waals surface area contributed by atoms with Gasteiger partial charge in [0.15, 0.2) is 9.84 Å². The van der Waals surface area contributed by atoms with Crippen LogP contribution in [0, 0.1) is 13.8 Å². The Labute approximate surface area is 185 Å². The summed E-state index contributed by atoms with van der Waals surface area (Å²) in [6.45, 7) is 7.82. The first-order chi connectivity index (χ1) is 15.0. The van der Waals surface area contributed by atoms with Gasteiger partial charge in [-0.25, -0.2) is 8.42 Å². The molecule has 1 aromatic heterocycles. The van der Waals surface area contributed by atoms with E-state index in [4.69, 9.17) is 0 Å². The molecule has 2 aromatic rings. The molecule has 0 spiro atoms. The summed E-state index contributed by atoms with van der Waals surface area (Å²) in [7, 11) is -2.98. The molecular weight excluding hydrogens is 445 g/mol. The van der Waals surface area contributed by atoms with Gasteiger partial charge in [-0.2, -0.15) is 5.10 Å². The summed E-state index contributed by atoms with van der Waals surface area (Å²) in [5, 5.41) is 4.66. The maximum atomic E-state index is 12.3. The first-order valence-electron chi connectivity index (χ1n) is 10.6. The number of ether oxygens (including phenoxy) is 1. The molecule has 176 valence electrons. The molecular formula is C21H27F3N4O3S. The predicted molar refractivity (Wildman–Crippen MR) is 115 cm³/mol. The molecule has 1 unspecified atom stereocenters. The molecule has 1 atom stereocenters. The number of anilines is 1. The molecule has 2 aliphatic heterocycles. The number of halogens is 3. The Morgan fingerprint density at radius 1 is 1.09 bits per heavy atom. The highest BCUT2D eigenvalue weighted by Gasteiger charge is 2.33. The first kappa shape index (κ1) is 22.9. The Morgan fingerprint density at radius 2 is 1.75 bits per heavy atom. The zero-order chi connectivity index (χ0) is 23.1. The maximum absolute atomic E-state index is 12.3. The van der Waals surface area contributed by atoms with E-state index in [1.165, 1.54) is 12.1 Å². The minimum absolute atomic E-state index is 0.0990. The average Bonchev–Trinajstić information content (AvgIpc) is 3.21. The van der Waals surface area contributed by atoms with Crippen molar-refractivity contribution in [2.24, 2.45) is 0 Å². The number of sulfone groups is 1. The van der Waals surface area contributed by atoms with Gasteiger partial charge in [-0.1, -0.05) is 12.1 Å². The van der Waals surface area contributed by atoms with Crippen molar-refractivity contribution in [3.8, 4) is 5.75 Å².